The van der Waals surface area contributed by atoms with Gasteiger partial charge in [0.05, 0.1) is 31.5 Å². The van der Waals surface area contributed by atoms with E-state index in [1.807, 2.05) is 6.92 Å². The maximum Gasteiger partial charge on any atom is 0.338 e. The number of aliphatic hydroxyl groups is 6. The number of nitrogens with zero attached hydrogens (tertiary/aromatic N) is 1. The van der Waals surface area contributed by atoms with Crippen LogP contribution < -0.4 is 9.47 Å². The van der Waals surface area contributed by atoms with Gasteiger partial charge in [0.2, 0.25) is 5.79 Å². The van der Waals surface area contributed by atoms with Crippen LogP contribution in [0.4, 0.5) is 0 Å². The smallest absolute Gasteiger partial charge is 0.338 e. The first-order valence-electron chi connectivity index (χ1n) is 17.6. The predicted molar refractivity (Wildman–Crippen MR) is 169 cm³/mol. The number of aliphatic hydroxyl groups excluding tert-OH is 1. The van der Waals surface area contributed by atoms with Gasteiger partial charge in [-0.05, 0) is 69.6 Å². The van der Waals surface area contributed by atoms with Gasteiger partial charge in [0, 0.05) is 55.1 Å². The van der Waals surface area contributed by atoms with E-state index in [1.54, 1.807) is 19.1 Å². The summed E-state index contributed by atoms with van der Waals surface area (Å²) in [6.45, 7) is 6.57. The van der Waals surface area contributed by atoms with Crippen LogP contribution >= 0.6 is 0 Å². The van der Waals surface area contributed by atoms with Crippen molar-refractivity contribution in [2.24, 2.45) is 29.1 Å². The second-order valence-electron chi connectivity index (χ2n) is 16.8. The number of benzene rings is 1. The molecule has 12 nitrogen and oxygen atoms in total. The first kappa shape index (κ1) is 33.1. The number of rotatable bonds is 4. The number of methoxy groups -OCH3 is 2. The average Bonchev–Trinajstić information content (AvgIpc) is 3.21. The zero-order chi connectivity index (χ0) is 34.4. The van der Waals surface area contributed by atoms with Gasteiger partial charge in [-0.15, -0.1) is 0 Å². The SMILES string of the molecule is COc1ccc(C(=O)O[C@@H]2CC[C@@]3(C)[C@H]4CC[C@@H]5[C@]6(O)C[C@H](O)[C@]7(O)[C@H](CN8C[C@H](C)CC[C@@H]8[C@@]7(C)O)[C@@]6(O)C[C@]53O[C@@]24O)cc1OC. The highest BCUT2D eigenvalue weighted by Crippen LogP contribution is 2.78. The molecular weight excluding hydrogens is 622 g/mol. The molecule has 0 amide bonds. The Morgan fingerprint density at radius 1 is 0.896 bits per heavy atom. The Morgan fingerprint density at radius 3 is 2.31 bits per heavy atom. The van der Waals surface area contributed by atoms with Crippen LogP contribution in [0, 0.1) is 29.1 Å². The van der Waals surface area contributed by atoms with E-state index in [1.165, 1.54) is 20.3 Å². The second-order valence-corrected chi connectivity index (χ2v) is 16.8. The van der Waals surface area contributed by atoms with E-state index in [0.717, 1.165) is 6.42 Å². The van der Waals surface area contributed by atoms with Crippen molar-refractivity contribution in [2.75, 3.05) is 27.3 Å². The minimum absolute atomic E-state index is 0.101. The zero-order valence-corrected chi connectivity index (χ0v) is 28.5. The van der Waals surface area contributed by atoms with E-state index in [-0.39, 0.29) is 24.9 Å². The molecular formula is C36H51NO11. The lowest BCUT2D eigenvalue weighted by atomic mass is 9.49. The number of carbonyl (C=O) groups is 1. The summed E-state index contributed by atoms with van der Waals surface area (Å²) in [5, 5.41) is 74.7. The Labute approximate surface area is 280 Å². The molecule has 266 valence electrons. The van der Waals surface area contributed by atoms with Gasteiger partial charge in [0.15, 0.2) is 17.6 Å². The Balaban J connectivity index is 1.16. The van der Waals surface area contributed by atoms with Gasteiger partial charge in [-0.2, -0.15) is 0 Å². The number of hydrogen-bond donors (Lipinski definition) is 6. The van der Waals surface area contributed by atoms with Crippen LogP contribution in [-0.4, -0.2) is 121 Å². The summed E-state index contributed by atoms with van der Waals surface area (Å²) in [4.78, 5) is 15.6. The van der Waals surface area contributed by atoms with Crippen molar-refractivity contribution in [2.45, 2.75) is 124 Å². The van der Waals surface area contributed by atoms with Crippen molar-refractivity contribution >= 4 is 5.97 Å². The highest BCUT2D eigenvalue weighted by atomic mass is 16.7. The van der Waals surface area contributed by atoms with Gasteiger partial charge in [0.1, 0.15) is 22.4 Å². The fourth-order valence-corrected chi connectivity index (χ4v) is 12.6. The van der Waals surface area contributed by atoms with Crippen LogP contribution in [0.15, 0.2) is 18.2 Å². The van der Waals surface area contributed by atoms with Crippen molar-refractivity contribution in [3.05, 3.63) is 23.8 Å². The molecule has 4 saturated carbocycles. The Morgan fingerprint density at radius 2 is 1.60 bits per heavy atom. The molecule has 1 aromatic rings. The summed E-state index contributed by atoms with van der Waals surface area (Å²) in [5.74, 6) is -3.63. The number of esters is 1. The van der Waals surface area contributed by atoms with Crippen molar-refractivity contribution in [3.63, 3.8) is 0 Å². The quantitative estimate of drug-likeness (QED) is 0.253. The molecule has 4 bridgehead atoms. The molecule has 0 aromatic heterocycles. The number of fused-ring (bicyclic) bond motifs is 5. The second kappa shape index (κ2) is 10.1. The lowest BCUT2D eigenvalue weighted by Gasteiger charge is -2.68. The molecule has 3 saturated heterocycles. The molecule has 0 radical (unpaired) electrons. The first-order valence-corrected chi connectivity index (χ1v) is 17.6. The van der Waals surface area contributed by atoms with Gasteiger partial charge >= 0.3 is 5.97 Å². The van der Waals surface area contributed by atoms with E-state index in [4.69, 9.17) is 18.9 Å². The predicted octanol–water partition coefficient (Wildman–Crippen LogP) is 1.36. The van der Waals surface area contributed by atoms with E-state index in [0.29, 0.717) is 56.1 Å². The van der Waals surface area contributed by atoms with Gasteiger partial charge in [-0.3, -0.25) is 4.90 Å². The molecule has 14 atom stereocenters. The fraction of sp³-hybridized carbons (Fsp3) is 0.806. The normalized spacial score (nSPS) is 53.6. The highest BCUT2D eigenvalue weighted by molar-refractivity contribution is 5.90. The Hall–Kier alpha value is -2.03. The lowest BCUT2D eigenvalue weighted by Crippen LogP contribution is -2.85. The standard InChI is InChI=1S/C36H51NO11/c1-19-6-11-26-31(3,40)35(43)25(17-37(26)16-19)33(42)18-34-24(32(33,41)15-27(35)38)10-9-23-30(34,2)13-12-28(36(23,44)48-34)47-29(39)20-7-8-21(45-4)22(14-20)46-5/h7-8,14,19,23-28,38,40-44H,6,9-13,15-18H2,1-5H3/t19-,23-,24-,25-,26-,27+,28-,30+,31-,32-,33+,34+,35-,36-/m1/s1. The number of piperidine rings is 2. The van der Waals surface area contributed by atoms with Crippen LogP contribution in [0.5, 0.6) is 11.5 Å². The lowest BCUT2D eigenvalue weighted by molar-refractivity contribution is -0.354. The average molecular weight is 674 g/mol. The zero-order valence-electron chi connectivity index (χ0n) is 28.5. The van der Waals surface area contributed by atoms with E-state index >= 15 is 0 Å². The topological polar surface area (TPSA) is 179 Å². The van der Waals surface area contributed by atoms with Gasteiger partial charge in [-0.1, -0.05) is 13.8 Å². The monoisotopic (exact) mass is 673 g/mol. The fourth-order valence-electron chi connectivity index (χ4n) is 12.6. The highest BCUT2D eigenvalue weighted by Gasteiger charge is 2.88. The van der Waals surface area contributed by atoms with Crippen molar-refractivity contribution < 1.29 is 54.4 Å². The molecule has 0 unspecified atom stereocenters. The molecule has 1 spiro atoms. The molecule has 48 heavy (non-hydrogen) atoms. The van der Waals surface area contributed by atoms with Gasteiger partial charge in [0.25, 0.3) is 0 Å². The Bertz CT molecular complexity index is 1520. The molecule has 3 aliphatic heterocycles. The number of ether oxygens (including phenoxy) is 4. The van der Waals surface area contributed by atoms with E-state index in [9.17, 15) is 35.4 Å². The molecule has 6 N–H and O–H groups in total. The summed E-state index contributed by atoms with van der Waals surface area (Å²) in [6, 6.07) is 4.28. The van der Waals surface area contributed by atoms with Crippen molar-refractivity contribution in [1.82, 2.24) is 4.90 Å². The van der Waals surface area contributed by atoms with Crippen molar-refractivity contribution in [1.29, 1.82) is 0 Å². The summed E-state index contributed by atoms with van der Waals surface area (Å²) < 4.78 is 23.5. The molecule has 7 fully saturated rings. The van der Waals surface area contributed by atoms with Gasteiger partial charge in [-0.25, -0.2) is 4.79 Å². The molecule has 3 heterocycles. The summed E-state index contributed by atoms with van der Waals surface area (Å²) >= 11 is 0. The van der Waals surface area contributed by atoms with Crippen LogP contribution in [-0.2, 0) is 9.47 Å². The van der Waals surface area contributed by atoms with Crippen LogP contribution in [0.2, 0.25) is 0 Å². The summed E-state index contributed by atoms with van der Waals surface area (Å²) in [7, 11) is 2.97. The minimum atomic E-state index is -2.10. The van der Waals surface area contributed by atoms with Crippen molar-refractivity contribution in [3.8, 4) is 11.5 Å². The third-order valence-corrected chi connectivity index (χ3v) is 14.9. The number of carbonyl (C=O) groups excluding carboxylic acids is 1. The largest absolute Gasteiger partial charge is 0.493 e. The Kier molecular flexibility index (Phi) is 6.94. The van der Waals surface area contributed by atoms with Crippen LogP contribution in [0.3, 0.4) is 0 Å². The molecule has 1 aromatic carbocycles. The van der Waals surface area contributed by atoms with E-state index < -0.39 is 81.2 Å². The minimum Gasteiger partial charge on any atom is -0.493 e. The molecule has 7 aliphatic rings. The molecule has 12 heteroatoms. The van der Waals surface area contributed by atoms with Crippen LogP contribution in [0.1, 0.15) is 82.5 Å². The van der Waals surface area contributed by atoms with Gasteiger partial charge < -0.3 is 49.6 Å². The third-order valence-electron chi connectivity index (χ3n) is 14.9. The maximum absolute atomic E-state index is 13.5. The maximum atomic E-state index is 13.5. The first-order chi connectivity index (χ1) is 22.5. The molecule has 4 aliphatic carbocycles. The van der Waals surface area contributed by atoms with E-state index in [2.05, 4.69) is 11.8 Å². The molecule has 8 rings (SSSR count). The third kappa shape index (κ3) is 3.66. The van der Waals surface area contributed by atoms with Crippen LogP contribution in [0.25, 0.3) is 0 Å². The number of hydrogen-bond acceptors (Lipinski definition) is 12. The summed E-state index contributed by atoms with van der Waals surface area (Å²) in [6.07, 6.45) is 0.172. The summed E-state index contributed by atoms with van der Waals surface area (Å²) in [5.41, 5.74) is -9.44.